The van der Waals surface area contributed by atoms with E-state index < -0.39 is 17.5 Å². The molecule has 1 rings (SSSR count). The molecule has 19 heavy (non-hydrogen) atoms. The maximum absolute atomic E-state index is 12.8. The van der Waals surface area contributed by atoms with Crippen molar-refractivity contribution in [1.29, 1.82) is 0 Å². The summed E-state index contributed by atoms with van der Waals surface area (Å²) in [4.78, 5) is 11.7. The predicted octanol–water partition coefficient (Wildman–Crippen LogP) is 4.22. The van der Waals surface area contributed by atoms with E-state index >= 15 is 0 Å². The Morgan fingerprint density at radius 1 is 1.21 bits per heavy atom. The molecule has 0 saturated heterocycles. The summed E-state index contributed by atoms with van der Waals surface area (Å²) >= 11 is 0. The third-order valence-corrected chi connectivity index (χ3v) is 2.74. The van der Waals surface area contributed by atoms with E-state index in [1.54, 1.807) is 13.8 Å². The highest BCUT2D eigenvalue weighted by molar-refractivity contribution is 6.01. The van der Waals surface area contributed by atoms with Crippen molar-refractivity contribution in [2.75, 3.05) is 0 Å². The van der Waals surface area contributed by atoms with Gasteiger partial charge in [-0.1, -0.05) is 32.0 Å². The van der Waals surface area contributed by atoms with E-state index in [0.717, 1.165) is 12.1 Å². The standard InChI is InChI=1S/C14H15F3O2/c1-8(2)12(18)9(3)13(19)10-6-4-5-7-11(10)14(15,16)17/h4-8,19H,1-3H3. The molecule has 0 unspecified atom stereocenters. The van der Waals surface area contributed by atoms with Gasteiger partial charge < -0.3 is 5.11 Å². The van der Waals surface area contributed by atoms with Crippen molar-refractivity contribution in [3.05, 3.63) is 41.0 Å². The molecule has 5 heteroatoms. The van der Waals surface area contributed by atoms with E-state index in [1.807, 2.05) is 0 Å². The lowest BCUT2D eigenvalue weighted by Gasteiger charge is -2.14. The molecule has 2 nitrogen and oxygen atoms in total. The van der Waals surface area contributed by atoms with Gasteiger partial charge in [0.05, 0.1) is 5.56 Å². The number of rotatable bonds is 3. The second-order valence-electron chi connectivity index (χ2n) is 4.54. The van der Waals surface area contributed by atoms with E-state index in [1.165, 1.54) is 19.1 Å². The van der Waals surface area contributed by atoms with Crippen LogP contribution in [0.3, 0.4) is 0 Å². The smallest absolute Gasteiger partial charge is 0.417 e. The molecule has 1 aromatic rings. The molecular formula is C14H15F3O2. The average molecular weight is 272 g/mol. The van der Waals surface area contributed by atoms with Gasteiger partial charge in [-0.25, -0.2) is 0 Å². The molecule has 0 radical (unpaired) electrons. The Kier molecular flexibility index (Phi) is 4.39. The average Bonchev–Trinajstić information content (AvgIpc) is 2.35. The fourth-order valence-corrected chi connectivity index (χ4v) is 1.69. The highest BCUT2D eigenvalue weighted by atomic mass is 19.4. The van der Waals surface area contributed by atoms with Gasteiger partial charge in [0.2, 0.25) is 0 Å². The van der Waals surface area contributed by atoms with Crippen LogP contribution in [-0.4, -0.2) is 10.9 Å². The summed E-state index contributed by atoms with van der Waals surface area (Å²) in [5.41, 5.74) is -1.39. The summed E-state index contributed by atoms with van der Waals surface area (Å²) in [6, 6.07) is 4.64. The molecule has 0 aliphatic heterocycles. The molecule has 0 aromatic heterocycles. The molecule has 0 atom stereocenters. The van der Waals surface area contributed by atoms with Crippen LogP contribution in [-0.2, 0) is 11.0 Å². The van der Waals surface area contributed by atoms with Crippen LogP contribution in [0, 0.1) is 5.92 Å². The predicted molar refractivity (Wildman–Crippen MR) is 66.5 cm³/mol. The first-order chi connectivity index (χ1) is 8.66. The van der Waals surface area contributed by atoms with Crippen molar-refractivity contribution in [1.82, 2.24) is 0 Å². The number of carbonyl (C=O) groups excluding carboxylic acids is 1. The number of ketones is 1. The number of hydrogen-bond acceptors (Lipinski definition) is 2. The Bertz CT molecular complexity index is 514. The lowest BCUT2D eigenvalue weighted by Crippen LogP contribution is -2.13. The number of allylic oxidation sites excluding steroid dienone is 1. The van der Waals surface area contributed by atoms with E-state index in [0.29, 0.717) is 0 Å². The highest BCUT2D eigenvalue weighted by Gasteiger charge is 2.34. The maximum Gasteiger partial charge on any atom is 0.417 e. The minimum Gasteiger partial charge on any atom is -0.507 e. The molecular weight excluding hydrogens is 257 g/mol. The second-order valence-corrected chi connectivity index (χ2v) is 4.54. The fourth-order valence-electron chi connectivity index (χ4n) is 1.69. The normalized spacial score (nSPS) is 13.4. The van der Waals surface area contributed by atoms with Gasteiger partial charge >= 0.3 is 6.18 Å². The quantitative estimate of drug-likeness (QED) is 0.660. The van der Waals surface area contributed by atoms with Crippen LogP contribution >= 0.6 is 0 Å². The Morgan fingerprint density at radius 3 is 2.21 bits per heavy atom. The summed E-state index contributed by atoms with van der Waals surface area (Å²) in [5.74, 6) is -1.39. The molecule has 0 fully saturated rings. The van der Waals surface area contributed by atoms with Crippen LogP contribution in [0.25, 0.3) is 5.76 Å². The van der Waals surface area contributed by atoms with Gasteiger partial charge in [-0.3, -0.25) is 4.79 Å². The first-order valence-electron chi connectivity index (χ1n) is 5.77. The van der Waals surface area contributed by atoms with E-state index in [4.69, 9.17) is 0 Å². The zero-order chi connectivity index (χ0) is 14.8. The van der Waals surface area contributed by atoms with Crippen LogP contribution < -0.4 is 0 Å². The van der Waals surface area contributed by atoms with E-state index in [-0.39, 0.29) is 22.8 Å². The van der Waals surface area contributed by atoms with E-state index in [9.17, 15) is 23.1 Å². The van der Waals surface area contributed by atoms with Crippen molar-refractivity contribution in [2.45, 2.75) is 26.9 Å². The Morgan fingerprint density at radius 2 is 1.74 bits per heavy atom. The topological polar surface area (TPSA) is 37.3 Å². The molecule has 0 aliphatic carbocycles. The summed E-state index contributed by atoms with van der Waals surface area (Å²) in [7, 11) is 0. The van der Waals surface area contributed by atoms with Gasteiger partial charge in [-0.05, 0) is 13.0 Å². The highest BCUT2D eigenvalue weighted by Crippen LogP contribution is 2.35. The number of hydrogen-bond donors (Lipinski definition) is 1. The van der Waals surface area contributed by atoms with Crippen LogP contribution in [0.1, 0.15) is 31.9 Å². The Balaban J connectivity index is 3.39. The molecule has 0 heterocycles. The number of benzene rings is 1. The largest absolute Gasteiger partial charge is 0.507 e. The summed E-state index contributed by atoms with van der Waals surface area (Å²) in [6.07, 6.45) is -4.58. The zero-order valence-electron chi connectivity index (χ0n) is 10.9. The third kappa shape index (κ3) is 3.36. The monoisotopic (exact) mass is 272 g/mol. The van der Waals surface area contributed by atoms with Crippen molar-refractivity contribution < 1.29 is 23.1 Å². The maximum atomic E-state index is 12.8. The van der Waals surface area contributed by atoms with Gasteiger partial charge in [0.1, 0.15) is 5.76 Å². The molecule has 1 N–H and O–H groups in total. The van der Waals surface area contributed by atoms with Gasteiger partial charge in [0.25, 0.3) is 0 Å². The van der Waals surface area contributed by atoms with Crippen LogP contribution in [0.2, 0.25) is 0 Å². The van der Waals surface area contributed by atoms with Gasteiger partial charge in [-0.2, -0.15) is 13.2 Å². The number of aliphatic hydroxyl groups is 1. The summed E-state index contributed by atoms with van der Waals surface area (Å²) in [6.45, 7) is 4.56. The minimum absolute atomic E-state index is 0.0632. The molecule has 1 aromatic carbocycles. The molecule has 104 valence electrons. The third-order valence-electron chi connectivity index (χ3n) is 2.74. The summed E-state index contributed by atoms with van der Waals surface area (Å²) in [5, 5.41) is 9.91. The minimum atomic E-state index is -4.58. The van der Waals surface area contributed by atoms with Crippen molar-refractivity contribution in [3.63, 3.8) is 0 Å². The van der Waals surface area contributed by atoms with Gasteiger partial charge in [-0.15, -0.1) is 0 Å². The number of aliphatic hydroxyl groups excluding tert-OH is 1. The van der Waals surface area contributed by atoms with Crippen molar-refractivity contribution in [3.8, 4) is 0 Å². The second kappa shape index (κ2) is 5.47. The number of carbonyl (C=O) groups is 1. The Hall–Kier alpha value is -1.78. The first-order valence-corrected chi connectivity index (χ1v) is 5.77. The van der Waals surface area contributed by atoms with Crippen LogP contribution in [0.5, 0.6) is 0 Å². The molecule has 0 saturated carbocycles. The van der Waals surface area contributed by atoms with Crippen LogP contribution in [0.4, 0.5) is 13.2 Å². The number of halogens is 3. The van der Waals surface area contributed by atoms with Gasteiger partial charge in [0.15, 0.2) is 5.78 Å². The van der Waals surface area contributed by atoms with Gasteiger partial charge in [0, 0.05) is 17.1 Å². The van der Waals surface area contributed by atoms with Crippen molar-refractivity contribution in [2.24, 2.45) is 5.92 Å². The summed E-state index contributed by atoms with van der Waals surface area (Å²) < 4.78 is 38.4. The fraction of sp³-hybridized carbons (Fsp3) is 0.357. The number of alkyl halides is 3. The molecule has 0 amide bonds. The lowest BCUT2D eigenvalue weighted by molar-refractivity contribution is -0.138. The molecule has 0 spiro atoms. The number of Topliss-reactive ketones (excluding diaryl/α,β-unsaturated/α-hetero) is 1. The van der Waals surface area contributed by atoms with Crippen LogP contribution in [0.15, 0.2) is 29.8 Å². The lowest BCUT2D eigenvalue weighted by atomic mass is 9.96. The van der Waals surface area contributed by atoms with Crippen molar-refractivity contribution >= 4 is 11.5 Å². The van der Waals surface area contributed by atoms with E-state index in [2.05, 4.69) is 0 Å². The molecule has 0 aliphatic rings. The zero-order valence-corrected chi connectivity index (χ0v) is 10.9. The SMILES string of the molecule is CC(C(=O)C(C)C)=C(O)c1ccccc1C(F)(F)F. The Labute approximate surface area is 109 Å². The molecule has 0 bridgehead atoms. The first kappa shape index (κ1) is 15.3.